The molecule has 0 saturated carbocycles. The van der Waals surface area contributed by atoms with Gasteiger partial charge in [-0.25, -0.2) is 17.6 Å². The number of piperazine rings is 1. The third-order valence-electron chi connectivity index (χ3n) is 5.90. The molecule has 0 amide bonds. The van der Waals surface area contributed by atoms with Crippen LogP contribution >= 0.6 is 0 Å². The molecule has 1 aliphatic rings. The molecule has 1 atom stereocenters. The van der Waals surface area contributed by atoms with Gasteiger partial charge in [0.1, 0.15) is 5.82 Å². The van der Waals surface area contributed by atoms with E-state index in [-0.39, 0.29) is 22.2 Å². The topological polar surface area (TPSA) is 90.0 Å². The largest absolute Gasteiger partial charge is 0.478 e. The van der Waals surface area contributed by atoms with Crippen LogP contribution in [0.4, 0.5) is 21.5 Å². The number of rotatable bonds is 6. The molecule has 0 aliphatic carbocycles. The van der Waals surface area contributed by atoms with Crippen molar-refractivity contribution >= 4 is 33.1 Å². The summed E-state index contributed by atoms with van der Waals surface area (Å²) in [5.41, 5.74) is 2.98. The molecule has 9 heteroatoms. The molecule has 2 N–H and O–H groups in total. The van der Waals surface area contributed by atoms with Crippen molar-refractivity contribution in [1.29, 1.82) is 0 Å². The summed E-state index contributed by atoms with van der Waals surface area (Å²) in [4.78, 5) is 16.2. The fourth-order valence-electron chi connectivity index (χ4n) is 4.24. The van der Waals surface area contributed by atoms with Crippen LogP contribution in [0.5, 0.6) is 0 Å². The predicted octanol–water partition coefficient (Wildman–Crippen LogP) is 4.35. The van der Waals surface area contributed by atoms with Crippen LogP contribution in [0.15, 0.2) is 71.6 Å². The second-order valence-corrected chi connectivity index (χ2v) is 10.1. The molecule has 1 saturated heterocycles. The van der Waals surface area contributed by atoms with Gasteiger partial charge < -0.3 is 14.9 Å². The number of aromatic carboxylic acids is 1. The van der Waals surface area contributed by atoms with Gasteiger partial charge in [0.25, 0.3) is 10.0 Å². The highest BCUT2D eigenvalue weighted by atomic mass is 32.2. The normalized spacial score (nSPS) is 16.4. The minimum atomic E-state index is -3.99. The average molecular weight is 484 g/mol. The first-order valence-corrected chi connectivity index (χ1v) is 12.4. The van der Waals surface area contributed by atoms with Gasteiger partial charge in [-0.3, -0.25) is 4.72 Å². The van der Waals surface area contributed by atoms with E-state index in [1.54, 1.807) is 12.1 Å². The van der Waals surface area contributed by atoms with Crippen molar-refractivity contribution < 1.29 is 22.7 Å². The Bertz CT molecular complexity index is 1310. The molecule has 1 heterocycles. The highest BCUT2D eigenvalue weighted by Gasteiger charge is 2.27. The molecule has 3 aromatic carbocycles. The fraction of sp³-hybridized carbons (Fsp3) is 0.240. The highest BCUT2D eigenvalue weighted by molar-refractivity contribution is 7.92. The van der Waals surface area contributed by atoms with Crippen LogP contribution in [0.2, 0.25) is 0 Å². The van der Waals surface area contributed by atoms with E-state index < -0.39 is 21.8 Å². The van der Waals surface area contributed by atoms with E-state index in [4.69, 9.17) is 0 Å². The number of carboxylic acids is 1. The lowest BCUT2D eigenvalue weighted by molar-refractivity contribution is 0.0697. The average Bonchev–Trinajstić information content (AvgIpc) is 2.79. The standard InChI is InChI=1S/C25H26FN3O4S/c1-17-4-3-5-21(14-17)29-13-12-28(16-18(29)2)24-11-8-20(15-23(24)25(30)31)27-34(32,33)22-9-6-19(26)7-10-22/h3-11,14-15,18,27H,12-13,16H2,1-2H3,(H,30,31). The minimum Gasteiger partial charge on any atom is -0.478 e. The van der Waals surface area contributed by atoms with Gasteiger partial charge in [-0.05, 0) is 74.0 Å². The number of carboxylic acid groups (broad SMARTS) is 1. The summed E-state index contributed by atoms with van der Waals surface area (Å²) in [6, 6.07) is 17.3. The van der Waals surface area contributed by atoms with E-state index in [1.165, 1.54) is 11.6 Å². The van der Waals surface area contributed by atoms with Crippen LogP contribution in [-0.4, -0.2) is 45.2 Å². The van der Waals surface area contributed by atoms with Crippen molar-refractivity contribution in [2.45, 2.75) is 24.8 Å². The van der Waals surface area contributed by atoms with Gasteiger partial charge in [-0.2, -0.15) is 0 Å². The number of sulfonamides is 1. The van der Waals surface area contributed by atoms with Crippen LogP contribution in [-0.2, 0) is 10.0 Å². The molecule has 34 heavy (non-hydrogen) atoms. The first-order chi connectivity index (χ1) is 16.1. The Hall–Kier alpha value is -3.59. The SMILES string of the molecule is Cc1cccc(N2CCN(c3ccc(NS(=O)(=O)c4ccc(F)cc4)cc3C(=O)O)CC2C)c1. The van der Waals surface area contributed by atoms with Gasteiger partial charge >= 0.3 is 5.97 Å². The number of nitrogens with one attached hydrogen (secondary N) is 1. The van der Waals surface area contributed by atoms with E-state index >= 15 is 0 Å². The molecule has 1 unspecified atom stereocenters. The van der Waals surface area contributed by atoms with Gasteiger partial charge in [0, 0.05) is 37.1 Å². The molecule has 0 aromatic heterocycles. The first kappa shape index (κ1) is 23.6. The predicted molar refractivity (Wildman–Crippen MR) is 131 cm³/mol. The van der Waals surface area contributed by atoms with Crippen molar-refractivity contribution in [3.05, 3.63) is 83.7 Å². The van der Waals surface area contributed by atoms with Crippen LogP contribution in [0, 0.1) is 12.7 Å². The van der Waals surface area contributed by atoms with E-state index in [1.807, 2.05) is 11.0 Å². The number of aryl methyl sites for hydroxylation is 1. The molecule has 0 radical (unpaired) electrons. The highest BCUT2D eigenvalue weighted by Crippen LogP contribution is 2.30. The summed E-state index contributed by atoms with van der Waals surface area (Å²) in [6.07, 6.45) is 0. The molecule has 0 spiro atoms. The lowest BCUT2D eigenvalue weighted by Crippen LogP contribution is -2.52. The Labute approximate surface area is 198 Å². The lowest BCUT2D eigenvalue weighted by atomic mass is 10.1. The molecule has 1 aliphatic heterocycles. The summed E-state index contributed by atoms with van der Waals surface area (Å²) < 4.78 is 40.8. The molecule has 1 fully saturated rings. The van der Waals surface area contributed by atoms with Crippen LogP contribution < -0.4 is 14.5 Å². The van der Waals surface area contributed by atoms with E-state index in [2.05, 4.69) is 41.7 Å². The number of halogens is 1. The zero-order chi connectivity index (χ0) is 24.5. The van der Waals surface area contributed by atoms with Gasteiger partial charge in [-0.1, -0.05) is 12.1 Å². The Morgan fingerprint density at radius 3 is 2.44 bits per heavy atom. The van der Waals surface area contributed by atoms with Crippen LogP contribution in [0.3, 0.4) is 0 Å². The van der Waals surface area contributed by atoms with E-state index in [0.29, 0.717) is 18.8 Å². The number of hydrogen-bond donors (Lipinski definition) is 2. The summed E-state index contributed by atoms with van der Waals surface area (Å²) in [7, 11) is -3.99. The summed E-state index contributed by atoms with van der Waals surface area (Å²) in [6.45, 7) is 6.12. The molecular weight excluding hydrogens is 457 g/mol. The monoisotopic (exact) mass is 483 g/mol. The van der Waals surface area contributed by atoms with Crippen LogP contribution in [0.1, 0.15) is 22.8 Å². The number of carbonyl (C=O) groups is 1. The van der Waals surface area contributed by atoms with Crippen molar-refractivity contribution in [3.8, 4) is 0 Å². The third kappa shape index (κ3) is 4.99. The maximum absolute atomic E-state index is 13.1. The van der Waals surface area contributed by atoms with Crippen molar-refractivity contribution in [2.75, 3.05) is 34.2 Å². The maximum atomic E-state index is 13.1. The smallest absolute Gasteiger partial charge is 0.337 e. The van der Waals surface area contributed by atoms with E-state index in [0.717, 1.165) is 36.5 Å². The van der Waals surface area contributed by atoms with Gasteiger partial charge in [0.15, 0.2) is 0 Å². The second kappa shape index (κ2) is 9.34. The van der Waals surface area contributed by atoms with Crippen LogP contribution in [0.25, 0.3) is 0 Å². The molecule has 4 rings (SSSR count). The van der Waals surface area contributed by atoms with Gasteiger partial charge in [0.05, 0.1) is 16.1 Å². The van der Waals surface area contributed by atoms with Gasteiger partial charge in [-0.15, -0.1) is 0 Å². The maximum Gasteiger partial charge on any atom is 0.337 e. The lowest BCUT2D eigenvalue weighted by Gasteiger charge is -2.42. The third-order valence-corrected chi connectivity index (χ3v) is 7.30. The van der Waals surface area contributed by atoms with Crippen molar-refractivity contribution in [1.82, 2.24) is 0 Å². The quantitative estimate of drug-likeness (QED) is 0.542. The Morgan fingerprint density at radius 2 is 1.79 bits per heavy atom. The second-order valence-electron chi connectivity index (χ2n) is 8.42. The number of benzene rings is 3. The Balaban J connectivity index is 1.55. The summed E-state index contributed by atoms with van der Waals surface area (Å²) in [5, 5.41) is 9.84. The van der Waals surface area contributed by atoms with Crippen molar-refractivity contribution in [3.63, 3.8) is 0 Å². The van der Waals surface area contributed by atoms with Gasteiger partial charge in [0.2, 0.25) is 0 Å². The van der Waals surface area contributed by atoms with Crippen molar-refractivity contribution in [2.24, 2.45) is 0 Å². The summed E-state index contributed by atoms with van der Waals surface area (Å²) in [5.74, 6) is -1.69. The zero-order valence-electron chi connectivity index (χ0n) is 18.9. The first-order valence-electron chi connectivity index (χ1n) is 10.9. The fourth-order valence-corrected chi connectivity index (χ4v) is 5.29. The molecule has 3 aromatic rings. The number of nitrogens with zero attached hydrogens (tertiary/aromatic N) is 2. The zero-order valence-corrected chi connectivity index (χ0v) is 19.7. The Kier molecular flexibility index (Phi) is 6.47. The van der Waals surface area contributed by atoms with E-state index in [9.17, 15) is 22.7 Å². The minimum absolute atomic E-state index is 0.00973. The summed E-state index contributed by atoms with van der Waals surface area (Å²) >= 11 is 0. The molecule has 7 nitrogen and oxygen atoms in total. The molecule has 0 bridgehead atoms. The number of hydrogen-bond acceptors (Lipinski definition) is 5. The molecule has 178 valence electrons. The Morgan fingerprint density at radius 1 is 1.06 bits per heavy atom. The number of anilines is 3. The molecular formula is C25H26FN3O4S.